The molecule has 1 rings (SSSR count). The van der Waals surface area contributed by atoms with Gasteiger partial charge < -0.3 is 5.32 Å². The van der Waals surface area contributed by atoms with Crippen molar-refractivity contribution in [2.45, 2.75) is 26.3 Å². The second kappa shape index (κ2) is 6.71. The van der Waals surface area contributed by atoms with Gasteiger partial charge in [0.1, 0.15) is 5.82 Å². The average Bonchev–Trinajstić information content (AvgIpc) is 2.39. The van der Waals surface area contributed by atoms with E-state index in [1.54, 1.807) is 19.9 Å². The molecule has 0 bridgehead atoms. The smallest absolute Gasteiger partial charge is 0.229 e. The number of sulfonamides is 1. The number of halogens is 1. The molecule has 0 fully saturated rings. The Morgan fingerprint density at radius 1 is 1.48 bits per heavy atom. The molecule has 1 unspecified atom stereocenters. The molecule has 0 aliphatic rings. The fourth-order valence-corrected chi connectivity index (χ4v) is 2.37. The summed E-state index contributed by atoms with van der Waals surface area (Å²) >= 11 is 0. The summed E-state index contributed by atoms with van der Waals surface area (Å²) in [5.41, 5.74) is 0.696. The molecule has 7 heteroatoms. The molecule has 1 amide bonds. The third-order valence-corrected chi connectivity index (χ3v) is 3.42. The highest BCUT2D eigenvalue weighted by Gasteiger charge is 2.16. The Bertz CT molecular complexity index is 656. The van der Waals surface area contributed by atoms with Crippen LogP contribution in [0.3, 0.4) is 0 Å². The number of benzene rings is 1. The molecule has 5 nitrogen and oxygen atoms in total. The van der Waals surface area contributed by atoms with Crippen LogP contribution in [0.15, 0.2) is 18.7 Å². The number of nitrogens with one attached hydrogen (secondary N) is 2. The van der Waals surface area contributed by atoms with Crippen molar-refractivity contribution in [3.8, 4) is 0 Å². The Hall–Kier alpha value is -1.89. The van der Waals surface area contributed by atoms with Crippen molar-refractivity contribution in [2.24, 2.45) is 0 Å². The normalized spacial score (nSPS) is 12.6. The lowest BCUT2D eigenvalue weighted by molar-refractivity contribution is -0.121. The molecule has 116 valence electrons. The molecule has 0 saturated carbocycles. The minimum Gasteiger partial charge on any atom is -0.350 e. The number of rotatable bonds is 6. The molecule has 0 spiro atoms. The highest BCUT2D eigenvalue weighted by Crippen LogP contribution is 2.27. The van der Waals surface area contributed by atoms with Crippen LogP contribution in [0, 0.1) is 5.82 Å². The van der Waals surface area contributed by atoms with Gasteiger partial charge in [0.05, 0.1) is 18.0 Å². The highest BCUT2D eigenvalue weighted by molar-refractivity contribution is 7.92. The van der Waals surface area contributed by atoms with E-state index in [1.807, 2.05) is 0 Å². The van der Waals surface area contributed by atoms with Crippen molar-refractivity contribution in [3.63, 3.8) is 0 Å². The number of carbonyl (C=O) groups is 1. The zero-order valence-electron chi connectivity index (χ0n) is 12.2. The van der Waals surface area contributed by atoms with E-state index in [2.05, 4.69) is 16.6 Å². The fraction of sp³-hybridized carbons (Fsp3) is 0.357. The lowest BCUT2D eigenvalue weighted by Crippen LogP contribution is -2.26. The van der Waals surface area contributed by atoms with E-state index in [0.29, 0.717) is 17.5 Å². The third-order valence-electron chi connectivity index (χ3n) is 2.85. The predicted octanol–water partition coefficient (Wildman–Crippen LogP) is 2.43. The second-order valence-corrected chi connectivity index (χ2v) is 6.44. The molecule has 1 atom stereocenters. The van der Waals surface area contributed by atoms with E-state index in [0.717, 1.165) is 6.26 Å². The van der Waals surface area contributed by atoms with Gasteiger partial charge in [-0.25, -0.2) is 12.8 Å². The Morgan fingerprint density at radius 3 is 2.57 bits per heavy atom. The van der Waals surface area contributed by atoms with Crippen molar-refractivity contribution < 1.29 is 17.6 Å². The maximum absolute atomic E-state index is 14.1. The summed E-state index contributed by atoms with van der Waals surface area (Å²) < 4.78 is 38.8. The minimum absolute atomic E-state index is 0.148. The molecular formula is C14H19FN2O3S. The average molecular weight is 314 g/mol. The fourth-order valence-electron chi connectivity index (χ4n) is 1.78. The molecule has 21 heavy (non-hydrogen) atoms. The summed E-state index contributed by atoms with van der Waals surface area (Å²) in [4.78, 5) is 11.4. The van der Waals surface area contributed by atoms with E-state index >= 15 is 0 Å². The molecule has 0 radical (unpaired) electrons. The maximum Gasteiger partial charge on any atom is 0.229 e. The van der Waals surface area contributed by atoms with E-state index in [9.17, 15) is 17.6 Å². The van der Waals surface area contributed by atoms with Gasteiger partial charge in [-0.1, -0.05) is 19.6 Å². The van der Waals surface area contributed by atoms with Crippen molar-refractivity contribution in [1.29, 1.82) is 0 Å². The number of amides is 1. The predicted molar refractivity (Wildman–Crippen MR) is 81.8 cm³/mol. The second-order valence-electron chi connectivity index (χ2n) is 4.69. The van der Waals surface area contributed by atoms with Crippen molar-refractivity contribution in [3.05, 3.63) is 35.7 Å². The van der Waals surface area contributed by atoms with Crippen molar-refractivity contribution >= 4 is 27.7 Å². The van der Waals surface area contributed by atoms with Crippen LogP contribution >= 0.6 is 0 Å². The van der Waals surface area contributed by atoms with Crippen molar-refractivity contribution in [1.82, 2.24) is 5.32 Å². The third kappa shape index (κ3) is 4.86. The Morgan fingerprint density at radius 2 is 2.10 bits per heavy atom. The highest BCUT2D eigenvalue weighted by atomic mass is 32.2. The standard InChI is InChI=1S/C14H19FN2O3S/c1-5-10-7-11(9(3)16-13(18)6-2)8-12(15)14(10)17-21(4,19)20/h5,7-9,17H,1,6H2,2-4H3,(H,16,18). The van der Waals surface area contributed by atoms with E-state index in [-0.39, 0.29) is 11.6 Å². The first-order chi connectivity index (χ1) is 9.67. The van der Waals surface area contributed by atoms with Crippen molar-refractivity contribution in [2.75, 3.05) is 11.0 Å². The van der Waals surface area contributed by atoms with Gasteiger partial charge in [-0.05, 0) is 24.6 Å². The summed E-state index contributed by atoms with van der Waals surface area (Å²) in [6.45, 7) is 6.99. The molecule has 1 aromatic carbocycles. The first kappa shape index (κ1) is 17.2. The molecule has 0 aliphatic carbocycles. The zero-order valence-corrected chi connectivity index (χ0v) is 13.1. The molecule has 2 N–H and O–H groups in total. The first-order valence-corrected chi connectivity index (χ1v) is 8.30. The van der Waals surface area contributed by atoms with Crippen LogP contribution < -0.4 is 10.0 Å². The summed E-state index contributed by atoms with van der Waals surface area (Å²) in [6, 6.07) is 2.39. The minimum atomic E-state index is -3.60. The van der Waals surface area contributed by atoms with Gasteiger partial charge in [0.15, 0.2) is 0 Å². The number of hydrogen-bond acceptors (Lipinski definition) is 3. The van der Waals surface area contributed by atoms with Gasteiger partial charge in [0.2, 0.25) is 15.9 Å². The van der Waals surface area contributed by atoms with Gasteiger partial charge in [0.25, 0.3) is 0 Å². The largest absolute Gasteiger partial charge is 0.350 e. The Balaban J connectivity index is 3.20. The quantitative estimate of drug-likeness (QED) is 0.847. The summed E-state index contributed by atoms with van der Waals surface area (Å²) in [5.74, 6) is -0.869. The number of anilines is 1. The molecule has 0 aliphatic heterocycles. The molecule has 0 aromatic heterocycles. The van der Waals surface area contributed by atoms with Crippen LogP contribution in [-0.4, -0.2) is 20.6 Å². The summed E-state index contributed by atoms with van der Waals surface area (Å²) in [5, 5.41) is 2.71. The molecule has 1 aromatic rings. The van der Waals surface area contributed by atoms with Gasteiger partial charge >= 0.3 is 0 Å². The lowest BCUT2D eigenvalue weighted by Gasteiger charge is -2.17. The van der Waals surface area contributed by atoms with Crippen LogP contribution in [0.4, 0.5) is 10.1 Å². The summed E-state index contributed by atoms with van der Waals surface area (Å²) in [7, 11) is -3.60. The van der Waals surface area contributed by atoms with Gasteiger partial charge in [0, 0.05) is 12.0 Å². The van der Waals surface area contributed by atoms with Gasteiger partial charge in [-0.15, -0.1) is 0 Å². The SMILES string of the molecule is C=Cc1cc(C(C)NC(=O)CC)cc(F)c1NS(C)(=O)=O. The Kier molecular flexibility index (Phi) is 5.48. The molecule has 0 saturated heterocycles. The maximum atomic E-state index is 14.1. The van der Waals surface area contributed by atoms with Crippen LogP contribution in [0.1, 0.15) is 37.4 Å². The molecule has 0 heterocycles. The lowest BCUT2D eigenvalue weighted by atomic mass is 10.0. The number of carbonyl (C=O) groups excluding carboxylic acids is 1. The molecular weight excluding hydrogens is 295 g/mol. The zero-order chi connectivity index (χ0) is 16.2. The van der Waals surface area contributed by atoms with Crippen LogP contribution in [0.2, 0.25) is 0 Å². The van der Waals surface area contributed by atoms with E-state index in [1.165, 1.54) is 12.1 Å². The topological polar surface area (TPSA) is 75.3 Å². The van der Waals surface area contributed by atoms with Crippen LogP contribution in [0.5, 0.6) is 0 Å². The van der Waals surface area contributed by atoms with E-state index < -0.39 is 21.9 Å². The number of hydrogen-bond donors (Lipinski definition) is 2. The monoisotopic (exact) mass is 314 g/mol. The summed E-state index contributed by atoms with van der Waals surface area (Å²) in [6.07, 6.45) is 2.63. The van der Waals surface area contributed by atoms with Crippen LogP contribution in [-0.2, 0) is 14.8 Å². The van der Waals surface area contributed by atoms with Gasteiger partial charge in [-0.3, -0.25) is 9.52 Å². The van der Waals surface area contributed by atoms with E-state index in [4.69, 9.17) is 0 Å². The van der Waals surface area contributed by atoms with Crippen LogP contribution in [0.25, 0.3) is 6.08 Å². The Labute approximate surface area is 124 Å². The van der Waals surface area contributed by atoms with Gasteiger partial charge in [-0.2, -0.15) is 0 Å². The first-order valence-electron chi connectivity index (χ1n) is 6.41.